The highest BCUT2D eigenvalue weighted by Gasteiger charge is 2.33. The first-order chi connectivity index (χ1) is 29.1. The Morgan fingerprint density at radius 3 is 1.32 bits per heavy atom. The SMILES string of the molecule is C[C@@H](c1ccc2c(c1CC(=O)C[S@@](=N)(=O)c1cc(C(C)(C)O)co1)CCC2)C1CCC1.C[C@@H](c1ccc2c(c1CC(=O)C[S@](=N)(=O)c1cc(C(C)(C)O)co1)CCC2)C1CCC1. The topological polar surface area (TPSA) is 183 Å². The number of hydrogen-bond donors (Lipinski definition) is 4. The van der Waals surface area contributed by atoms with Crippen LogP contribution in [0.25, 0.3) is 0 Å². The summed E-state index contributed by atoms with van der Waals surface area (Å²) in [6.45, 7) is 10.9. The molecule has 2 aromatic carbocycles. The highest BCUT2D eigenvalue weighted by atomic mass is 32.2. The molecule has 0 radical (unpaired) electrons. The first kappa shape index (κ1) is 46.2. The Morgan fingerprint density at radius 1 is 0.645 bits per heavy atom. The number of rotatable bonds is 16. The summed E-state index contributed by atoms with van der Waals surface area (Å²) < 4.78 is 53.3. The van der Waals surface area contributed by atoms with E-state index >= 15 is 0 Å². The zero-order valence-corrected chi connectivity index (χ0v) is 39.0. The average molecular weight is 887 g/mol. The summed E-state index contributed by atoms with van der Waals surface area (Å²) >= 11 is 0. The number of aliphatic hydroxyl groups is 2. The number of aryl methyl sites for hydroxylation is 2. The van der Waals surface area contributed by atoms with Gasteiger partial charge < -0.3 is 19.0 Å². The van der Waals surface area contributed by atoms with E-state index in [9.17, 15) is 28.2 Å². The van der Waals surface area contributed by atoms with Gasteiger partial charge in [-0.1, -0.05) is 51.0 Å². The van der Waals surface area contributed by atoms with Crippen molar-refractivity contribution in [3.05, 3.63) is 105 Å². The Balaban J connectivity index is 0.000000186. The van der Waals surface area contributed by atoms with Gasteiger partial charge in [0, 0.05) is 36.1 Å². The Bertz CT molecular complexity index is 2350. The van der Waals surface area contributed by atoms with Crippen LogP contribution in [-0.2, 0) is 78.8 Å². The molecular weight excluding hydrogens is 821 g/mol. The van der Waals surface area contributed by atoms with Gasteiger partial charge in [0.2, 0.25) is 0 Å². The Kier molecular flexibility index (Phi) is 13.4. The minimum atomic E-state index is -3.40. The number of ketones is 2. The molecule has 0 amide bonds. The molecule has 4 aliphatic carbocycles. The summed E-state index contributed by atoms with van der Waals surface area (Å²) in [5.74, 6) is 1.07. The van der Waals surface area contributed by atoms with E-state index in [0.717, 1.165) is 49.7 Å². The average Bonchev–Trinajstić information content (AvgIpc) is 3.96. The molecule has 0 spiro atoms. The molecule has 62 heavy (non-hydrogen) atoms. The standard InChI is InChI=1S/2C25H33NO4S/c2*1-16(17-6-4-7-17)21-11-10-18-8-5-9-22(18)23(21)13-20(27)15-31(26,29)24-12-19(14-30-24)25(2,3)28/h2*10-12,14,16-17,26,28H,4-9,13,15H2,1-3H3/t16-,31+;16-,31-/m11/s1. The molecule has 0 aliphatic heterocycles. The van der Waals surface area contributed by atoms with Crippen molar-refractivity contribution in [1.82, 2.24) is 0 Å². The largest absolute Gasteiger partial charge is 0.454 e. The van der Waals surface area contributed by atoms with Crippen LogP contribution in [0.3, 0.4) is 0 Å². The molecule has 4 aliphatic rings. The predicted octanol–water partition coefficient (Wildman–Crippen LogP) is 10.2. The molecule has 2 fully saturated rings. The molecule has 0 bridgehead atoms. The van der Waals surface area contributed by atoms with Crippen LogP contribution < -0.4 is 0 Å². The van der Waals surface area contributed by atoms with Crippen LogP contribution in [0.1, 0.15) is 160 Å². The van der Waals surface area contributed by atoms with Crippen LogP contribution in [0.15, 0.2) is 67.9 Å². The second-order valence-corrected chi connectivity index (χ2v) is 23.8. The van der Waals surface area contributed by atoms with Crippen LogP contribution in [0, 0.1) is 21.4 Å². The fourth-order valence-electron chi connectivity index (χ4n) is 9.89. The monoisotopic (exact) mass is 886 g/mol. The number of hydrogen-bond acceptors (Lipinski definition) is 10. The maximum Gasteiger partial charge on any atom is 0.199 e. The molecular formula is C50H66N2O8S2. The lowest BCUT2D eigenvalue weighted by Gasteiger charge is -2.33. The van der Waals surface area contributed by atoms with E-state index in [4.69, 9.17) is 18.4 Å². The summed E-state index contributed by atoms with van der Waals surface area (Å²) in [7, 11) is -6.81. The summed E-state index contributed by atoms with van der Waals surface area (Å²) in [6, 6.07) is 11.7. The lowest BCUT2D eigenvalue weighted by atomic mass is 9.72. The molecule has 4 atom stereocenters. The number of Topliss-reactive ketones (excluding diaryl/α,β-unsaturated/α-hetero) is 2. The maximum absolute atomic E-state index is 13.0. The summed E-state index contributed by atoms with van der Waals surface area (Å²) in [4.78, 5) is 26.1. The van der Waals surface area contributed by atoms with E-state index in [1.165, 1.54) is 96.6 Å². The third-order valence-electron chi connectivity index (χ3n) is 14.3. The van der Waals surface area contributed by atoms with E-state index in [1.807, 2.05) is 0 Å². The van der Waals surface area contributed by atoms with Gasteiger partial charge in [-0.05, 0) is 160 Å². The third kappa shape index (κ3) is 10.1. The summed E-state index contributed by atoms with van der Waals surface area (Å²) in [5.41, 5.74) is 8.62. The van der Waals surface area contributed by atoms with Gasteiger partial charge in [0.25, 0.3) is 0 Å². The minimum Gasteiger partial charge on any atom is -0.454 e. The molecule has 12 heteroatoms. The van der Waals surface area contributed by atoms with Crippen LogP contribution >= 0.6 is 0 Å². The second-order valence-electron chi connectivity index (χ2n) is 19.7. The van der Waals surface area contributed by atoms with Crippen molar-refractivity contribution >= 4 is 31.0 Å². The molecule has 4 aromatic rings. The highest BCUT2D eigenvalue weighted by molar-refractivity contribution is 7.93. The van der Waals surface area contributed by atoms with Crippen molar-refractivity contribution in [2.45, 2.75) is 165 Å². The van der Waals surface area contributed by atoms with Crippen molar-refractivity contribution < 1.29 is 37.1 Å². The van der Waals surface area contributed by atoms with Gasteiger partial charge in [-0.3, -0.25) is 9.59 Å². The van der Waals surface area contributed by atoms with Gasteiger partial charge >= 0.3 is 0 Å². The number of furan rings is 2. The quantitative estimate of drug-likeness (QED) is 0.0857. The first-order valence-corrected chi connectivity index (χ1v) is 26.0. The van der Waals surface area contributed by atoms with Gasteiger partial charge in [0.1, 0.15) is 19.5 Å². The maximum atomic E-state index is 13.0. The van der Waals surface area contributed by atoms with Crippen molar-refractivity contribution in [3.63, 3.8) is 0 Å². The normalized spacial score (nSPS) is 19.5. The molecule has 4 N–H and O–H groups in total. The van der Waals surface area contributed by atoms with Gasteiger partial charge in [0.15, 0.2) is 21.8 Å². The van der Waals surface area contributed by atoms with Crippen LogP contribution in [0.5, 0.6) is 0 Å². The zero-order chi connectivity index (χ0) is 44.8. The predicted molar refractivity (Wildman–Crippen MR) is 242 cm³/mol. The molecule has 2 saturated carbocycles. The number of carbonyl (C=O) groups is 2. The van der Waals surface area contributed by atoms with Crippen molar-refractivity contribution in [2.75, 3.05) is 11.5 Å². The van der Waals surface area contributed by atoms with Gasteiger partial charge in [-0.15, -0.1) is 0 Å². The second kappa shape index (κ2) is 18.0. The third-order valence-corrected chi connectivity index (χ3v) is 17.4. The van der Waals surface area contributed by atoms with Crippen molar-refractivity contribution in [3.8, 4) is 0 Å². The Labute approximate surface area is 368 Å². The van der Waals surface area contributed by atoms with E-state index in [-0.39, 0.29) is 46.1 Å². The molecule has 0 saturated heterocycles. The first-order valence-electron chi connectivity index (χ1n) is 22.6. The van der Waals surface area contributed by atoms with Crippen LogP contribution in [0.4, 0.5) is 0 Å². The molecule has 336 valence electrons. The molecule has 2 heterocycles. The van der Waals surface area contributed by atoms with Gasteiger partial charge in [0.05, 0.1) is 35.2 Å². The highest BCUT2D eigenvalue weighted by Crippen LogP contribution is 2.44. The van der Waals surface area contributed by atoms with Crippen LogP contribution in [0.2, 0.25) is 0 Å². The molecule has 2 aromatic heterocycles. The summed E-state index contributed by atoms with van der Waals surface area (Å²) in [6.07, 6.45) is 16.9. The zero-order valence-electron chi connectivity index (χ0n) is 37.4. The molecule has 8 rings (SSSR count). The fourth-order valence-corrected chi connectivity index (χ4v) is 12.3. The van der Waals surface area contributed by atoms with Crippen LogP contribution in [-0.4, -0.2) is 41.7 Å². The van der Waals surface area contributed by atoms with Crippen molar-refractivity contribution in [1.29, 1.82) is 9.56 Å². The van der Waals surface area contributed by atoms with E-state index in [2.05, 4.69) is 38.1 Å². The van der Waals surface area contributed by atoms with Gasteiger partial charge in [-0.2, -0.15) is 0 Å². The number of fused-ring (bicyclic) bond motifs is 2. The molecule has 10 nitrogen and oxygen atoms in total. The number of benzene rings is 2. The Morgan fingerprint density at radius 2 is 1.02 bits per heavy atom. The lowest BCUT2D eigenvalue weighted by Crippen LogP contribution is -2.22. The van der Waals surface area contributed by atoms with Crippen molar-refractivity contribution in [2.24, 2.45) is 11.8 Å². The number of carbonyl (C=O) groups excluding carboxylic acids is 2. The van der Waals surface area contributed by atoms with Gasteiger partial charge in [-0.25, -0.2) is 18.0 Å². The van der Waals surface area contributed by atoms with E-state index in [0.29, 0.717) is 34.8 Å². The summed E-state index contributed by atoms with van der Waals surface area (Å²) in [5, 5.41) is 20.1. The fraction of sp³-hybridized carbons (Fsp3) is 0.560. The number of nitrogens with one attached hydrogen (secondary N) is 2. The lowest BCUT2D eigenvalue weighted by molar-refractivity contribution is -0.116. The Hall–Kier alpha value is -3.84. The van der Waals surface area contributed by atoms with E-state index < -0.39 is 30.7 Å². The molecule has 0 unspecified atom stereocenters. The minimum absolute atomic E-state index is 0.0423. The van der Waals surface area contributed by atoms with E-state index in [1.54, 1.807) is 27.7 Å². The smallest absolute Gasteiger partial charge is 0.199 e.